The number of carboxylic acid groups (broad SMARTS) is 2. The van der Waals surface area contributed by atoms with Crippen LogP contribution in [0.3, 0.4) is 0 Å². The normalized spacial score (nSPS) is 27.0. The van der Waals surface area contributed by atoms with Crippen molar-refractivity contribution in [2.45, 2.75) is 214 Å². The Bertz CT molecular complexity index is 1190. The highest BCUT2D eigenvalue weighted by Gasteiger charge is 2.54. The first-order valence-electron chi connectivity index (χ1n) is 21.5. The molecule has 0 spiro atoms. The minimum absolute atomic E-state index is 0.0535. The fourth-order valence-electron chi connectivity index (χ4n) is 9.04. The quantitative estimate of drug-likeness (QED) is 0.0656. The van der Waals surface area contributed by atoms with Crippen LogP contribution in [0.5, 0.6) is 0 Å². The van der Waals surface area contributed by atoms with Gasteiger partial charge in [-0.25, -0.2) is 0 Å². The average molecular weight is 765 g/mol. The number of aliphatic hydroxyl groups is 2. The van der Waals surface area contributed by atoms with E-state index in [9.17, 15) is 34.2 Å². The van der Waals surface area contributed by atoms with Gasteiger partial charge in [-0.05, 0) is 63.2 Å². The molecule has 0 radical (unpaired) electrons. The fourth-order valence-corrected chi connectivity index (χ4v) is 9.04. The topological polar surface area (TPSA) is 175 Å². The van der Waals surface area contributed by atoms with Crippen molar-refractivity contribution < 1.29 is 49.1 Å². The van der Waals surface area contributed by atoms with E-state index in [4.69, 9.17) is 14.9 Å². The number of carbonyl (C=O) groups excluding carboxylic acids is 3. The van der Waals surface area contributed by atoms with Crippen molar-refractivity contribution >= 4 is 29.3 Å². The number of carboxylic acids is 2. The molecule has 0 amide bonds. The Hall–Kier alpha value is -2.17. The molecule has 2 aliphatic carbocycles. The van der Waals surface area contributed by atoms with E-state index < -0.39 is 23.8 Å². The molecule has 10 nitrogen and oxygen atoms in total. The molecule has 54 heavy (non-hydrogen) atoms. The third-order valence-electron chi connectivity index (χ3n) is 12.9. The van der Waals surface area contributed by atoms with Gasteiger partial charge < -0.3 is 25.2 Å². The van der Waals surface area contributed by atoms with Gasteiger partial charge in [0.25, 0.3) is 0 Å². The lowest BCUT2D eigenvalue weighted by Gasteiger charge is -2.48. The zero-order valence-corrected chi connectivity index (χ0v) is 34.7. The molecule has 0 aromatic carbocycles. The Balaban J connectivity index is 0.000000373. The van der Waals surface area contributed by atoms with Gasteiger partial charge >= 0.3 is 11.9 Å². The molecule has 3 fully saturated rings. The fraction of sp³-hybridized carbons (Fsp3) is 0.886. The van der Waals surface area contributed by atoms with Crippen LogP contribution in [-0.2, 0) is 28.7 Å². The number of ether oxygens (including phenoxy) is 1. The number of aliphatic carboxylic acids is 2. The van der Waals surface area contributed by atoms with Crippen molar-refractivity contribution in [1.82, 2.24) is 0 Å². The number of rotatable bonds is 25. The summed E-state index contributed by atoms with van der Waals surface area (Å²) in [5, 5.41) is 38.8. The first-order valence-corrected chi connectivity index (χ1v) is 21.5. The summed E-state index contributed by atoms with van der Waals surface area (Å²) >= 11 is 0. The average Bonchev–Trinajstić information content (AvgIpc) is 3.55. The lowest BCUT2D eigenvalue weighted by Crippen LogP contribution is -2.53. The third-order valence-corrected chi connectivity index (χ3v) is 12.9. The molecule has 0 bridgehead atoms. The van der Waals surface area contributed by atoms with Crippen LogP contribution in [0.4, 0.5) is 0 Å². The monoisotopic (exact) mass is 765 g/mol. The van der Waals surface area contributed by atoms with Gasteiger partial charge in [0.15, 0.2) is 5.79 Å². The van der Waals surface area contributed by atoms with E-state index in [0.29, 0.717) is 38.5 Å². The summed E-state index contributed by atoms with van der Waals surface area (Å²) in [6.45, 7) is 12.4. The number of Topliss-reactive ketones (excluding diaryl/α,β-unsaturated/α-hetero) is 3. The maximum atomic E-state index is 12.6. The van der Waals surface area contributed by atoms with E-state index in [2.05, 4.69) is 27.7 Å². The molecule has 3 unspecified atom stereocenters. The zero-order chi connectivity index (χ0) is 40.5. The third kappa shape index (κ3) is 15.1. The summed E-state index contributed by atoms with van der Waals surface area (Å²) in [6.07, 6.45) is 17.3. The van der Waals surface area contributed by atoms with Gasteiger partial charge in [-0.1, -0.05) is 106 Å². The lowest BCUT2D eigenvalue weighted by atomic mass is 9.72. The van der Waals surface area contributed by atoms with Gasteiger partial charge in [0, 0.05) is 61.2 Å². The highest BCUT2D eigenvalue weighted by atomic mass is 16.6. The standard InChI is InChI=1S/2C22H38O5/c1-4-5-13-21(2,3)22(26)14-12-17-16(18(23)15-19(17)27-22)10-8-6-7-9-11-20(24)25;1-4-5-14-22(2,3)20(25)13-12-17-16(18(23)15-19(17)24)10-8-6-7-9-11-21(26)27/h16-17,19,26H,4-15H2,1-3H3,(H,24,25);16-17,19,24H,4-15H2,1-3H3,(H,26,27)/t16?,17-,19-,22?;16?,17-,19-/m11/s1. The molecular weight excluding hydrogens is 688 g/mol. The maximum absolute atomic E-state index is 12.6. The first-order chi connectivity index (χ1) is 25.4. The molecule has 3 aliphatic rings. The SMILES string of the molecule is CCCCC(C)(C)C(=O)CC[C@@H]1C(CCCCCCC(=O)O)C(=O)C[C@H]1O.CCCCC(C)(C)C1(O)CC[C@@H]2C(CCCCCCC(=O)O)C(=O)C[C@H]2O1. The Morgan fingerprint density at radius 1 is 0.704 bits per heavy atom. The zero-order valence-electron chi connectivity index (χ0n) is 34.7. The van der Waals surface area contributed by atoms with E-state index >= 15 is 0 Å². The number of hydrogen-bond donors (Lipinski definition) is 4. The second-order valence-electron chi connectivity index (χ2n) is 18.1. The van der Waals surface area contributed by atoms with Crippen LogP contribution in [0.15, 0.2) is 0 Å². The Kier molecular flexibility index (Phi) is 20.6. The lowest BCUT2D eigenvalue weighted by molar-refractivity contribution is -0.316. The molecule has 312 valence electrons. The molecule has 7 atom stereocenters. The number of fused-ring (bicyclic) bond motifs is 1. The van der Waals surface area contributed by atoms with E-state index in [-0.39, 0.29) is 77.2 Å². The molecule has 2 saturated carbocycles. The Morgan fingerprint density at radius 3 is 1.78 bits per heavy atom. The maximum Gasteiger partial charge on any atom is 0.303 e. The van der Waals surface area contributed by atoms with Gasteiger partial charge in [0.05, 0.1) is 12.2 Å². The highest BCUT2D eigenvalue weighted by Crippen LogP contribution is 2.50. The van der Waals surface area contributed by atoms with Gasteiger partial charge in [-0.3, -0.25) is 24.0 Å². The first kappa shape index (κ1) is 48.0. The number of hydrogen-bond acceptors (Lipinski definition) is 8. The smallest absolute Gasteiger partial charge is 0.303 e. The van der Waals surface area contributed by atoms with Crippen LogP contribution in [0.25, 0.3) is 0 Å². The number of unbranched alkanes of at least 4 members (excludes halogenated alkanes) is 8. The van der Waals surface area contributed by atoms with Crippen molar-refractivity contribution in [3.05, 3.63) is 0 Å². The van der Waals surface area contributed by atoms with Crippen LogP contribution in [0, 0.1) is 34.5 Å². The predicted molar refractivity (Wildman–Crippen MR) is 210 cm³/mol. The van der Waals surface area contributed by atoms with Gasteiger partial charge in [-0.2, -0.15) is 0 Å². The molecule has 0 aromatic rings. The summed E-state index contributed by atoms with van der Waals surface area (Å²) in [5.74, 6) is -1.97. The van der Waals surface area contributed by atoms with Crippen LogP contribution in [-0.4, -0.2) is 67.7 Å². The Morgan fingerprint density at radius 2 is 1.22 bits per heavy atom. The van der Waals surface area contributed by atoms with Crippen LogP contribution in [0.2, 0.25) is 0 Å². The van der Waals surface area contributed by atoms with E-state index in [1.165, 1.54) is 0 Å². The van der Waals surface area contributed by atoms with Crippen molar-refractivity contribution in [1.29, 1.82) is 0 Å². The summed E-state index contributed by atoms with van der Waals surface area (Å²) in [6, 6.07) is 0. The molecule has 1 heterocycles. The summed E-state index contributed by atoms with van der Waals surface area (Å²) in [5.41, 5.74) is -0.636. The second kappa shape index (κ2) is 23.2. The van der Waals surface area contributed by atoms with Crippen LogP contribution < -0.4 is 0 Å². The van der Waals surface area contributed by atoms with Crippen molar-refractivity contribution in [3.8, 4) is 0 Å². The van der Waals surface area contributed by atoms with Gasteiger partial charge in [-0.15, -0.1) is 0 Å². The molecule has 0 aromatic heterocycles. The number of ketones is 3. The molecule has 3 rings (SSSR count). The molecular formula is C44H76O10. The molecule has 1 aliphatic heterocycles. The predicted octanol–water partition coefficient (Wildman–Crippen LogP) is 9.24. The minimum atomic E-state index is -1.13. The van der Waals surface area contributed by atoms with Crippen molar-refractivity contribution in [2.24, 2.45) is 34.5 Å². The largest absolute Gasteiger partial charge is 0.481 e. The molecule has 10 heteroatoms. The van der Waals surface area contributed by atoms with Gasteiger partial charge in [0.1, 0.15) is 17.3 Å². The minimum Gasteiger partial charge on any atom is -0.481 e. The second-order valence-corrected chi connectivity index (χ2v) is 18.1. The van der Waals surface area contributed by atoms with E-state index in [1.807, 2.05) is 13.8 Å². The summed E-state index contributed by atoms with van der Waals surface area (Å²) in [4.78, 5) is 58.5. The van der Waals surface area contributed by atoms with E-state index in [1.54, 1.807) is 0 Å². The summed E-state index contributed by atoms with van der Waals surface area (Å²) < 4.78 is 6.20. The van der Waals surface area contributed by atoms with Crippen molar-refractivity contribution in [2.75, 3.05) is 0 Å². The highest BCUT2D eigenvalue weighted by molar-refractivity contribution is 5.86. The van der Waals surface area contributed by atoms with E-state index in [0.717, 1.165) is 96.3 Å². The molecule has 1 saturated heterocycles. The van der Waals surface area contributed by atoms with Gasteiger partial charge in [0.2, 0.25) is 0 Å². The van der Waals surface area contributed by atoms with Crippen LogP contribution >= 0.6 is 0 Å². The van der Waals surface area contributed by atoms with Crippen LogP contribution in [0.1, 0.15) is 196 Å². The molecule has 4 N–H and O–H groups in total. The number of aliphatic hydroxyl groups excluding tert-OH is 1. The Labute approximate surface area is 326 Å². The summed E-state index contributed by atoms with van der Waals surface area (Å²) in [7, 11) is 0. The van der Waals surface area contributed by atoms with Crippen molar-refractivity contribution in [3.63, 3.8) is 0 Å². The number of carbonyl (C=O) groups is 5.